The average molecular weight is 328 g/mol. The molecule has 106 valence electrons. The van der Waals surface area contributed by atoms with E-state index >= 15 is 0 Å². The number of aliphatic hydroxyl groups excluding tert-OH is 1. The van der Waals surface area contributed by atoms with Crippen molar-refractivity contribution in [2.75, 3.05) is 31.7 Å². The fourth-order valence-electron chi connectivity index (χ4n) is 2.80. The summed E-state index contributed by atoms with van der Waals surface area (Å²) in [6.07, 6.45) is 1.97. The molecule has 1 fully saturated rings. The van der Waals surface area contributed by atoms with Crippen molar-refractivity contribution in [2.24, 2.45) is 5.92 Å². The van der Waals surface area contributed by atoms with E-state index in [-0.39, 0.29) is 0 Å². The van der Waals surface area contributed by atoms with E-state index in [2.05, 4.69) is 26.9 Å². The summed E-state index contributed by atoms with van der Waals surface area (Å²) in [7, 11) is 1.76. The van der Waals surface area contributed by atoms with E-state index in [1.54, 1.807) is 7.11 Å². The lowest BCUT2D eigenvalue weighted by Crippen LogP contribution is -2.37. The second-order valence-corrected chi connectivity index (χ2v) is 6.20. The first-order valence-electron chi connectivity index (χ1n) is 6.83. The van der Waals surface area contributed by atoms with Gasteiger partial charge in [0, 0.05) is 35.9 Å². The number of aliphatic hydroxyl groups is 1. The number of halogens is 1. The van der Waals surface area contributed by atoms with Crippen LogP contribution in [0.2, 0.25) is 0 Å². The zero-order valence-corrected chi connectivity index (χ0v) is 13.2. The molecule has 0 aliphatic carbocycles. The Hall–Kier alpha value is -0.580. The fourth-order valence-corrected chi connectivity index (χ4v) is 3.15. The molecule has 19 heavy (non-hydrogen) atoms. The van der Waals surface area contributed by atoms with Gasteiger partial charge in [-0.15, -0.1) is 0 Å². The van der Waals surface area contributed by atoms with Crippen molar-refractivity contribution in [3.8, 4) is 0 Å². The summed E-state index contributed by atoms with van der Waals surface area (Å²) in [5.74, 6) is 0.583. The monoisotopic (exact) mass is 327 g/mol. The zero-order valence-electron chi connectivity index (χ0n) is 11.6. The molecule has 0 radical (unpaired) electrons. The molecule has 1 aliphatic heterocycles. The highest BCUT2D eigenvalue weighted by molar-refractivity contribution is 9.10. The van der Waals surface area contributed by atoms with Crippen molar-refractivity contribution in [3.63, 3.8) is 0 Å². The van der Waals surface area contributed by atoms with E-state index in [1.807, 2.05) is 19.1 Å². The topological polar surface area (TPSA) is 32.7 Å². The molecule has 1 N–H and O–H groups in total. The normalized spacial score (nSPS) is 21.5. The van der Waals surface area contributed by atoms with Crippen molar-refractivity contribution in [2.45, 2.75) is 25.9 Å². The van der Waals surface area contributed by atoms with Gasteiger partial charge in [-0.1, -0.05) is 22.0 Å². The molecule has 0 bridgehead atoms. The van der Waals surface area contributed by atoms with Crippen LogP contribution in [0.1, 0.15) is 31.4 Å². The van der Waals surface area contributed by atoms with Crippen LogP contribution >= 0.6 is 15.9 Å². The van der Waals surface area contributed by atoms with E-state index in [0.29, 0.717) is 5.92 Å². The van der Waals surface area contributed by atoms with Crippen LogP contribution in [-0.4, -0.2) is 31.9 Å². The van der Waals surface area contributed by atoms with Crippen molar-refractivity contribution in [1.29, 1.82) is 0 Å². The summed E-state index contributed by atoms with van der Waals surface area (Å²) in [6.45, 7) is 4.69. The van der Waals surface area contributed by atoms with Crippen LogP contribution < -0.4 is 4.90 Å². The molecule has 0 saturated carbocycles. The quantitative estimate of drug-likeness (QED) is 0.920. The van der Waals surface area contributed by atoms with E-state index in [9.17, 15) is 5.11 Å². The van der Waals surface area contributed by atoms with Gasteiger partial charge < -0.3 is 14.7 Å². The maximum atomic E-state index is 9.93. The number of piperidine rings is 1. The largest absolute Gasteiger partial charge is 0.389 e. The summed E-state index contributed by atoms with van der Waals surface area (Å²) < 4.78 is 6.34. The number of rotatable bonds is 4. The van der Waals surface area contributed by atoms with Gasteiger partial charge >= 0.3 is 0 Å². The van der Waals surface area contributed by atoms with E-state index in [4.69, 9.17) is 4.74 Å². The standard InChI is InChI=1S/C15H22BrNO2/c1-11(18)14-6-5-13(16)8-15(14)17-7-3-4-12(9-17)10-19-2/h5-6,8,11-12,18H,3-4,7,9-10H2,1-2H3. The lowest BCUT2D eigenvalue weighted by atomic mass is 9.97. The minimum absolute atomic E-state index is 0.439. The third kappa shape index (κ3) is 3.71. The molecular weight excluding hydrogens is 306 g/mol. The Morgan fingerprint density at radius 2 is 2.32 bits per heavy atom. The first-order valence-corrected chi connectivity index (χ1v) is 7.62. The van der Waals surface area contributed by atoms with Crippen molar-refractivity contribution >= 4 is 21.6 Å². The van der Waals surface area contributed by atoms with Crippen LogP contribution in [0.5, 0.6) is 0 Å². The second kappa shape index (κ2) is 6.73. The fraction of sp³-hybridized carbons (Fsp3) is 0.600. The van der Waals surface area contributed by atoms with Gasteiger partial charge in [0.2, 0.25) is 0 Å². The number of nitrogens with zero attached hydrogens (tertiary/aromatic N) is 1. The minimum atomic E-state index is -0.439. The highest BCUT2D eigenvalue weighted by Crippen LogP contribution is 2.32. The molecular formula is C15H22BrNO2. The molecule has 0 aromatic heterocycles. The van der Waals surface area contributed by atoms with Gasteiger partial charge in [-0.2, -0.15) is 0 Å². The van der Waals surface area contributed by atoms with Crippen LogP contribution in [0, 0.1) is 5.92 Å². The lowest BCUT2D eigenvalue weighted by molar-refractivity contribution is 0.143. The van der Waals surface area contributed by atoms with Crippen molar-refractivity contribution < 1.29 is 9.84 Å². The number of methoxy groups -OCH3 is 1. The molecule has 1 saturated heterocycles. The first kappa shape index (κ1) is 14.8. The molecule has 2 unspecified atom stereocenters. The summed E-state index contributed by atoms with van der Waals surface area (Å²) in [5, 5.41) is 9.93. The Morgan fingerprint density at radius 3 is 3.00 bits per heavy atom. The Morgan fingerprint density at radius 1 is 1.53 bits per heavy atom. The molecule has 1 aliphatic rings. The molecule has 1 aromatic rings. The lowest BCUT2D eigenvalue weighted by Gasteiger charge is -2.35. The van der Waals surface area contributed by atoms with Crippen LogP contribution in [-0.2, 0) is 4.74 Å². The van der Waals surface area contributed by atoms with Gasteiger partial charge in [-0.25, -0.2) is 0 Å². The van der Waals surface area contributed by atoms with Gasteiger partial charge in [0.1, 0.15) is 0 Å². The molecule has 0 amide bonds. The molecule has 2 rings (SSSR count). The molecule has 1 heterocycles. The molecule has 2 atom stereocenters. The Labute approximate surface area is 123 Å². The van der Waals surface area contributed by atoms with Crippen LogP contribution in [0.3, 0.4) is 0 Å². The Kier molecular flexibility index (Phi) is 5.25. The predicted molar refractivity (Wildman–Crippen MR) is 81.6 cm³/mol. The van der Waals surface area contributed by atoms with Crippen molar-refractivity contribution in [3.05, 3.63) is 28.2 Å². The van der Waals surface area contributed by atoms with E-state index in [1.165, 1.54) is 12.8 Å². The Balaban J connectivity index is 2.22. The summed E-state index contributed by atoms with van der Waals surface area (Å²) in [5.41, 5.74) is 2.14. The average Bonchev–Trinajstić information content (AvgIpc) is 2.39. The summed E-state index contributed by atoms with van der Waals surface area (Å²) in [4.78, 5) is 2.38. The third-order valence-corrected chi connectivity index (χ3v) is 4.20. The minimum Gasteiger partial charge on any atom is -0.389 e. The Bertz CT molecular complexity index is 421. The summed E-state index contributed by atoms with van der Waals surface area (Å²) in [6, 6.07) is 6.10. The maximum absolute atomic E-state index is 9.93. The number of benzene rings is 1. The first-order chi connectivity index (χ1) is 9.11. The van der Waals surface area contributed by atoms with E-state index < -0.39 is 6.10 Å². The number of hydrogen-bond acceptors (Lipinski definition) is 3. The van der Waals surface area contributed by atoms with Gasteiger partial charge in [0.05, 0.1) is 12.7 Å². The maximum Gasteiger partial charge on any atom is 0.0782 e. The van der Waals surface area contributed by atoms with Gasteiger partial charge in [-0.3, -0.25) is 0 Å². The van der Waals surface area contributed by atoms with Crippen molar-refractivity contribution in [1.82, 2.24) is 0 Å². The third-order valence-electron chi connectivity index (χ3n) is 3.70. The number of ether oxygens (including phenoxy) is 1. The second-order valence-electron chi connectivity index (χ2n) is 5.29. The SMILES string of the molecule is COCC1CCCN(c2cc(Br)ccc2C(C)O)C1. The summed E-state index contributed by atoms with van der Waals surface area (Å²) >= 11 is 3.52. The van der Waals surface area contributed by atoms with Crippen LogP contribution in [0.15, 0.2) is 22.7 Å². The molecule has 1 aromatic carbocycles. The highest BCUT2D eigenvalue weighted by Gasteiger charge is 2.22. The zero-order chi connectivity index (χ0) is 13.8. The van der Waals surface area contributed by atoms with Gasteiger partial charge in [0.15, 0.2) is 0 Å². The van der Waals surface area contributed by atoms with Gasteiger partial charge in [-0.05, 0) is 37.8 Å². The highest BCUT2D eigenvalue weighted by atomic mass is 79.9. The molecule has 3 nitrogen and oxygen atoms in total. The molecule has 4 heteroatoms. The number of anilines is 1. The smallest absolute Gasteiger partial charge is 0.0782 e. The van der Waals surface area contributed by atoms with Crippen LogP contribution in [0.4, 0.5) is 5.69 Å². The van der Waals surface area contributed by atoms with Gasteiger partial charge in [0.25, 0.3) is 0 Å². The van der Waals surface area contributed by atoms with Crippen LogP contribution in [0.25, 0.3) is 0 Å². The predicted octanol–water partition coefficient (Wildman–Crippen LogP) is 3.37. The molecule has 0 spiro atoms. The number of hydrogen-bond donors (Lipinski definition) is 1. The van der Waals surface area contributed by atoms with E-state index in [0.717, 1.165) is 35.4 Å².